The molecule has 1 atom stereocenters. The lowest BCUT2D eigenvalue weighted by atomic mass is 10.1. The lowest BCUT2D eigenvalue weighted by Crippen LogP contribution is -2.10. The van der Waals surface area contributed by atoms with Crippen molar-refractivity contribution in [2.24, 2.45) is 5.73 Å². The van der Waals surface area contributed by atoms with E-state index < -0.39 is 0 Å². The Labute approximate surface area is 136 Å². The summed E-state index contributed by atoms with van der Waals surface area (Å²) in [6, 6.07) is 14.4. The first-order chi connectivity index (χ1) is 10.2. The standard InChI is InChI=1S/C16H16BrN3S/c1-10-6-7-13-14(8-10)20-16(19-13)21-15(9-18)11-4-2-3-5-12(11)17/h2-8,15H,9,18H2,1H3,(H,19,20). The maximum Gasteiger partial charge on any atom is 0.167 e. The third-order valence-electron chi connectivity index (χ3n) is 3.34. The van der Waals surface area contributed by atoms with Gasteiger partial charge < -0.3 is 10.7 Å². The van der Waals surface area contributed by atoms with Gasteiger partial charge in [0, 0.05) is 11.0 Å². The van der Waals surface area contributed by atoms with E-state index in [0.717, 1.165) is 20.7 Å². The van der Waals surface area contributed by atoms with E-state index in [1.807, 2.05) is 24.3 Å². The molecule has 0 saturated heterocycles. The molecule has 0 amide bonds. The maximum atomic E-state index is 5.96. The van der Waals surface area contributed by atoms with Crippen molar-refractivity contribution >= 4 is 38.7 Å². The minimum absolute atomic E-state index is 0.169. The van der Waals surface area contributed by atoms with Crippen LogP contribution in [0, 0.1) is 6.92 Å². The zero-order chi connectivity index (χ0) is 14.8. The van der Waals surface area contributed by atoms with Gasteiger partial charge in [0.2, 0.25) is 0 Å². The fourth-order valence-electron chi connectivity index (χ4n) is 2.27. The molecule has 5 heteroatoms. The number of hydrogen-bond acceptors (Lipinski definition) is 3. The summed E-state index contributed by atoms with van der Waals surface area (Å²) < 4.78 is 1.08. The van der Waals surface area contributed by atoms with Gasteiger partial charge in [0.05, 0.1) is 16.3 Å². The van der Waals surface area contributed by atoms with Crippen LogP contribution in [0.15, 0.2) is 52.1 Å². The van der Waals surface area contributed by atoms with Crippen molar-refractivity contribution in [2.75, 3.05) is 6.54 Å². The van der Waals surface area contributed by atoms with Gasteiger partial charge in [-0.1, -0.05) is 52.0 Å². The summed E-state index contributed by atoms with van der Waals surface area (Å²) in [6.07, 6.45) is 0. The normalized spacial score (nSPS) is 12.7. The molecule has 0 saturated carbocycles. The van der Waals surface area contributed by atoms with Crippen molar-refractivity contribution in [3.8, 4) is 0 Å². The molecule has 1 unspecified atom stereocenters. The second kappa shape index (κ2) is 6.22. The van der Waals surface area contributed by atoms with E-state index in [2.05, 4.69) is 51.0 Å². The molecule has 0 radical (unpaired) electrons. The van der Waals surface area contributed by atoms with Gasteiger partial charge in [0.1, 0.15) is 0 Å². The minimum Gasteiger partial charge on any atom is -0.333 e. The van der Waals surface area contributed by atoms with Crippen LogP contribution < -0.4 is 5.73 Å². The third-order valence-corrected chi connectivity index (χ3v) is 5.21. The van der Waals surface area contributed by atoms with Crippen molar-refractivity contribution in [1.82, 2.24) is 9.97 Å². The maximum absolute atomic E-state index is 5.96. The topological polar surface area (TPSA) is 54.7 Å². The molecule has 108 valence electrons. The molecule has 0 bridgehead atoms. The molecule has 21 heavy (non-hydrogen) atoms. The largest absolute Gasteiger partial charge is 0.333 e. The lowest BCUT2D eigenvalue weighted by Gasteiger charge is -2.14. The van der Waals surface area contributed by atoms with E-state index in [9.17, 15) is 0 Å². The molecule has 3 nitrogen and oxygen atoms in total. The molecule has 0 spiro atoms. The fourth-order valence-corrected chi connectivity index (χ4v) is 4.00. The minimum atomic E-state index is 0.169. The molecule has 3 rings (SSSR count). The summed E-state index contributed by atoms with van der Waals surface area (Å²) in [6.45, 7) is 2.64. The number of fused-ring (bicyclic) bond motifs is 1. The Kier molecular flexibility index (Phi) is 4.33. The Morgan fingerprint density at radius 2 is 2.10 bits per heavy atom. The molecule has 0 aliphatic heterocycles. The Morgan fingerprint density at radius 1 is 1.29 bits per heavy atom. The first-order valence-electron chi connectivity index (χ1n) is 6.75. The van der Waals surface area contributed by atoms with E-state index in [4.69, 9.17) is 5.73 Å². The average Bonchev–Trinajstić information content (AvgIpc) is 2.87. The molecule has 2 aromatic carbocycles. The highest BCUT2D eigenvalue weighted by atomic mass is 79.9. The van der Waals surface area contributed by atoms with E-state index in [0.29, 0.717) is 6.54 Å². The number of hydrogen-bond donors (Lipinski definition) is 2. The lowest BCUT2D eigenvalue weighted by molar-refractivity contribution is 0.924. The van der Waals surface area contributed by atoms with Crippen LogP contribution in [0.4, 0.5) is 0 Å². The van der Waals surface area contributed by atoms with Crippen LogP contribution in [0.25, 0.3) is 11.0 Å². The molecule has 0 aliphatic rings. The number of imidazole rings is 1. The zero-order valence-corrected chi connectivity index (χ0v) is 14.0. The fraction of sp³-hybridized carbons (Fsp3) is 0.188. The van der Waals surface area contributed by atoms with Crippen molar-refractivity contribution < 1.29 is 0 Å². The Morgan fingerprint density at radius 3 is 2.86 bits per heavy atom. The highest BCUT2D eigenvalue weighted by Gasteiger charge is 2.16. The SMILES string of the molecule is Cc1ccc2nc(SC(CN)c3ccccc3Br)[nH]c2c1. The summed E-state index contributed by atoms with van der Waals surface area (Å²) in [5.41, 5.74) is 10.4. The molecule has 1 aromatic heterocycles. The number of rotatable bonds is 4. The number of aryl methyl sites for hydroxylation is 1. The molecule has 3 N–H and O–H groups in total. The van der Waals surface area contributed by atoms with E-state index in [1.54, 1.807) is 11.8 Å². The van der Waals surface area contributed by atoms with Gasteiger partial charge in [-0.3, -0.25) is 0 Å². The van der Waals surface area contributed by atoms with E-state index in [-0.39, 0.29) is 5.25 Å². The number of halogens is 1. The van der Waals surface area contributed by atoms with Crippen LogP contribution >= 0.6 is 27.7 Å². The quantitative estimate of drug-likeness (QED) is 0.676. The number of aromatic nitrogens is 2. The summed E-state index contributed by atoms with van der Waals surface area (Å²) in [7, 11) is 0. The number of thioether (sulfide) groups is 1. The van der Waals surface area contributed by atoms with Crippen molar-refractivity contribution in [3.05, 3.63) is 58.1 Å². The summed E-state index contributed by atoms with van der Waals surface area (Å²) in [5, 5.41) is 1.07. The van der Waals surface area contributed by atoms with Crippen molar-refractivity contribution in [3.63, 3.8) is 0 Å². The van der Waals surface area contributed by atoms with Gasteiger partial charge in [-0.25, -0.2) is 4.98 Å². The van der Waals surface area contributed by atoms with Gasteiger partial charge in [-0.05, 0) is 36.2 Å². The second-order valence-corrected chi connectivity index (χ2v) is 6.97. The zero-order valence-electron chi connectivity index (χ0n) is 11.6. The first kappa shape index (κ1) is 14.6. The Balaban J connectivity index is 1.90. The molecule has 0 aliphatic carbocycles. The smallest absolute Gasteiger partial charge is 0.167 e. The first-order valence-corrected chi connectivity index (χ1v) is 8.42. The van der Waals surface area contributed by atoms with Crippen LogP contribution in [-0.4, -0.2) is 16.5 Å². The van der Waals surface area contributed by atoms with Crippen LogP contribution in [0.1, 0.15) is 16.4 Å². The summed E-state index contributed by atoms with van der Waals surface area (Å²) >= 11 is 5.26. The highest BCUT2D eigenvalue weighted by Crippen LogP contribution is 2.37. The Hall–Kier alpha value is -1.30. The van der Waals surface area contributed by atoms with Gasteiger partial charge in [-0.15, -0.1) is 0 Å². The molecular weight excluding hydrogens is 346 g/mol. The van der Waals surface area contributed by atoms with Crippen molar-refractivity contribution in [1.29, 1.82) is 0 Å². The van der Waals surface area contributed by atoms with E-state index >= 15 is 0 Å². The van der Waals surface area contributed by atoms with Gasteiger partial charge >= 0.3 is 0 Å². The Bertz CT molecular complexity index is 769. The third kappa shape index (κ3) is 3.15. The second-order valence-electron chi connectivity index (χ2n) is 4.93. The summed E-state index contributed by atoms with van der Waals surface area (Å²) in [4.78, 5) is 8.00. The molecule has 1 heterocycles. The average molecular weight is 362 g/mol. The van der Waals surface area contributed by atoms with Gasteiger partial charge in [0.15, 0.2) is 5.16 Å². The number of nitrogens with two attached hydrogens (primary N) is 1. The van der Waals surface area contributed by atoms with Gasteiger partial charge in [0.25, 0.3) is 0 Å². The van der Waals surface area contributed by atoms with E-state index in [1.165, 1.54) is 11.1 Å². The molecule has 0 fully saturated rings. The predicted molar refractivity (Wildman–Crippen MR) is 92.6 cm³/mol. The number of H-pyrrole nitrogens is 1. The van der Waals surface area contributed by atoms with Crippen LogP contribution in [0.2, 0.25) is 0 Å². The molecular formula is C16H16BrN3S. The van der Waals surface area contributed by atoms with Crippen LogP contribution in [0.3, 0.4) is 0 Å². The highest BCUT2D eigenvalue weighted by molar-refractivity contribution is 9.10. The monoisotopic (exact) mass is 361 g/mol. The summed E-state index contributed by atoms with van der Waals surface area (Å²) in [5.74, 6) is 0. The van der Waals surface area contributed by atoms with Crippen LogP contribution in [0.5, 0.6) is 0 Å². The molecule has 3 aromatic rings. The van der Waals surface area contributed by atoms with Gasteiger partial charge in [-0.2, -0.15) is 0 Å². The predicted octanol–water partition coefficient (Wildman–Crippen LogP) is 4.43. The number of benzene rings is 2. The van der Waals surface area contributed by atoms with Crippen molar-refractivity contribution in [2.45, 2.75) is 17.3 Å². The number of nitrogens with one attached hydrogen (secondary N) is 1. The number of aromatic amines is 1. The van der Waals surface area contributed by atoms with Crippen LogP contribution in [-0.2, 0) is 0 Å². The number of nitrogens with zero attached hydrogens (tertiary/aromatic N) is 1.